The maximum Gasteiger partial charge on any atom is 0.407 e. The summed E-state index contributed by atoms with van der Waals surface area (Å²) in [5, 5.41) is 14.7. The van der Waals surface area contributed by atoms with Crippen LogP contribution < -0.4 is 10.6 Å². The number of benzene rings is 2. The smallest absolute Gasteiger partial charge is 0.407 e. The van der Waals surface area contributed by atoms with Gasteiger partial charge in [-0.3, -0.25) is 9.59 Å². The molecule has 3 N–H and O–H groups in total. The van der Waals surface area contributed by atoms with Gasteiger partial charge in [-0.15, -0.1) is 0 Å². The van der Waals surface area contributed by atoms with Gasteiger partial charge in [0.25, 0.3) is 0 Å². The van der Waals surface area contributed by atoms with Crippen LogP contribution in [0.1, 0.15) is 63.0 Å². The van der Waals surface area contributed by atoms with Crippen LogP contribution in [0.4, 0.5) is 4.79 Å². The van der Waals surface area contributed by atoms with Crippen molar-refractivity contribution >= 4 is 18.0 Å². The molecule has 35 heavy (non-hydrogen) atoms. The van der Waals surface area contributed by atoms with E-state index in [0.717, 1.165) is 24.0 Å². The molecule has 2 aliphatic rings. The van der Waals surface area contributed by atoms with Gasteiger partial charge in [0.15, 0.2) is 0 Å². The van der Waals surface area contributed by atoms with E-state index in [1.165, 1.54) is 11.1 Å². The van der Waals surface area contributed by atoms with E-state index in [-0.39, 0.29) is 31.4 Å². The van der Waals surface area contributed by atoms with Gasteiger partial charge in [0.1, 0.15) is 6.61 Å². The van der Waals surface area contributed by atoms with Gasteiger partial charge in [-0.25, -0.2) is 4.79 Å². The summed E-state index contributed by atoms with van der Waals surface area (Å²) >= 11 is 0. The van der Waals surface area contributed by atoms with E-state index in [1.807, 2.05) is 24.3 Å². The van der Waals surface area contributed by atoms with E-state index in [2.05, 4.69) is 41.8 Å². The fraction of sp³-hybridized carbons (Fsp3) is 0.464. The summed E-state index contributed by atoms with van der Waals surface area (Å²) in [6.07, 6.45) is 2.36. The normalized spacial score (nSPS) is 21.9. The third-order valence-electron chi connectivity index (χ3n) is 7.49. The second-order valence-corrected chi connectivity index (χ2v) is 10.1. The van der Waals surface area contributed by atoms with Crippen molar-refractivity contribution in [3.63, 3.8) is 0 Å². The molecule has 2 aromatic carbocycles. The van der Waals surface area contributed by atoms with Crippen LogP contribution in [-0.2, 0) is 14.3 Å². The average molecular weight is 479 g/mol. The molecule has 0 aromatic heterocycles. The van der Waals surface area contributed by atoms with Crippen molar-refractivity contribution in [2.45, 2.75) is 57.9 Å². The van der Waals surface area contributed by atoms with Crippen LogP contribution in [0.15, 0.2) is 48.5 Å². The van der Waals surface area contributed by atoms with E-state index in [4.69, 9.17) is 9.84 Å². The van der Waals surface area contributed by atoms with Gasteiger partial charge in [-0.2, -0.15) is 0 Å². The minimum Gasteiger partial charge on any atom is -0.481 e. The van der Waals surface area contributed by atoms with Crippen molar-refractivity contribution in [1.29, 1.82) is 0 Å². The van der Waals surface area contributed by atoms with Crippen molar-refractivity contribution in [3.05, 3.63) is 59.7 Å². The lowest BCUT2D eigenvalue weighted by Gasteiger charge is -2.38. The van der Waals surface area contributed by atoms with Crippen molar-refractivity contribution in [3.8, 4) is 11.1 Å². The Morgan fingerprint density at radius 3 is 2.17 bits per heavy atom. The molecule has 186 valence electrons. The zero-order valence-corrected chi connectivity index (χ0v) is 20.4. The van der Waals surface area contributed by atoms with E-state index in [0.29, 0.717) is 18.8 Å². The Balaban J connectivity index is 1.39. The monoisotopic (exact) mass is 478 g/mol. The second kappa shape index (κ2) is 10.5. The Hall–Kier alpha value is -3.35. The minimum absolute atomic E-state index is 0.0298. The molecule has 0 aliphatic heterocycles. The molecule has 0 heterocycles. The summed E-state index contributed by atoms with van der Waals surface area (Å²) < 4.78 is 5.65. The first kappa shape index (κ1) is 24.8. The third kappa shape index (κ3) is 5.50. The van der Waals surface area contributed by atoms with E-state index < -0.39 is 23.5 Å². The fourth-order valence-electron chi connectivity index (χ4n) is 5.38. The zero-order valence-electron chi connectivity index (χ0n) is 20.4. The van der Waals surface area contributed by atoms with Crippen molar-refractivity contribution < 1.29 is 24.2 Å². The molecule has 7 nitrogen and oxygen atoms in total. The predicted octanol–water partition coefficient (Wildman–Crippen LogP) is 4.70. The third-order valence-corrected chi connectivity index (χ3v) is 7.49. The fourth-order valence-corrected chi connectivity index (χ4v) is 5.38. The molecular formula is C28H34N2O5. The van der Waals surface area contributed by atoms with Crippen molar-refractivity contribution in [1.82, 2.24) is 10.6 Å². The van der Waals surface area contributed by atoms with Gasteiger partial charge in [0, 0.05) is 18.5 Å². The highest BCUT2D eigenvalue weighted by Crippen LogP contribution is 2.44. The second-order valence-electron chi connectivity index (χ2n) is 10.1. The van der Waals surface area contributed by atoms with Gasteiger partial charge in [-0.05, 0) is 60.8 Å². The number of ether oxygens (including phenoxy) is 1. The molecule has 1 saturated carbocycles. The van der Waals surface area contributed by atoms with Crippen LogP contribution in [0.2, 0.25) is 0 Å². The molecule has 4 rings (SSSR count). The van der Waals surface area contributed by atoms with Crippen LogP contribution in [0.5, 0.6) is 0 Å². The molecule has 0 bridgehead atoms. The Morgan fingerprint density at radius 2 is 1.60 bits per heavy atom. The average Bonchev–Trinajstić information content (AvgIpc) is 3.15. The molecule has 2 amide bonds. The van der Waals surface area contributed by atoms with Crippen LogP contribution in [0.3, 0.4) is 0 Å². The number of carbonyl (C=O) groups excluding carboxylic acids is 2. The maximum atomic E-state index is 13.2. The Morgan fingerprint density at radius 1 is 1.03 bits per heavy atom. The molecule has 7 heteroatoms. The van der Waals surface area contributed by atoms with Crippen LogP contribution >= 0.6 is 0 Å². The summed E-state index contributed by atoms with van der Waals surface area (Å²) in [5.74, 6) is -0.669. The number of carboxylic acid groups (broad SMARTS) is 1. The first-order chi connectivity index (χ1) is 16.8. The quantitative estimate of drug-likeness (QED) is 0.510. The number of carboxylic acids is 1. The number of nitrogens with one attached hydrogen (secondary N) is 2. The number of alkyl carbamates (subject to hydrolysis) is 1. The molecule has 0 spiro atoms. The summed E-state index contributed by atoms with van der Waals surface area (Å²) in [6, 6.07) is 15.9. The SMILES string of the molecule is CC1CCC(CNC(=O)OCC2c3ccccc3-c3ccccc32)(C(=O)N[C@@H](C)CC(=O)O)CC1. The first-order valence-electron chi connectivity index (χ1n) is 12.4. The Bertz CT molecular complexity index is 1040. The highest BCUT2D eigenvalue weighted by molar-refractivity contribution is 5.84. The van der Waals surface area contributed by atoms with E-state index >= 15 is 0 Å². The van der Waals surface area contributed by atoms with Crippen LogP contribution in [0, 0.1) is 11.3 Å². The van der Waals surface area contributed by atoms with Crippen molar-refractivity contribution in [2.24, 2.45) is 11.3 Å². The van der Waals surface area contributed by atoms with Gasteiger partial charge in [0.2, 0.25) is 5.91 Å². The standard InChI is InChI=1S/C28H34N2O5/c1-18-11-13-28(14-12-18,26(33)30-19(2)15-25(31)32)17-29-27(34)35-16-24-22-9-5-3-7-20(22)21-8-4-6-10-23(21)24/h3-10,18-19,24H,11-17H2,1-2H3,(H,29,34)(H,30,33)(H,31,32)/t18?,19-,28?/m0/s1. The number of amides is 2. The summed E-state index contributed by atoms with van der Waals surface area (Å²) in [6.45, 7) is 4.23. The molecular weight excluding hydrogens is 444 g/mol. The molecule has 1 fully saturated rings. The zero-order chi connectivity index (χ0) is 25.0. The molecule has 2 aliphatic carbocycles. The summed E-state index contributed by atoms with van der Waals surface area (Å²) in [4.78, 5) is 36.9. The Labute approximate surface area is 206 Å². The van der Waals surface area contributed by atoms with Crippen molar-refractivity contribution in [2.75, 3.05) is 13.2 Å². The number of carbonyl (C=O) groups is 3. The summed E-state index contributed by atoms with van der Waals surface area (Å²) in [5.41, 5.74) is 3.86. The van der Waals surface area contributed by atoms with E-state index in [1.54, 1.807) is 6.92 Å². The lowest BCUT2D eigenvalue weighted by molar-refractivity contribution is -0.138. The lowest BCUT2D eigenvalue weighted by atomic mass is 9.70. The highest BCUT2D eigenvalue weighted by atomic mass is 16.5. The number of aliphatic carboxylic acids is 1. The number of rotatable bonds is 8. The molecule has 0 unspecified atom stereocenters. The van der Waals surface area contributed by atoms with Crippen LogP contribution in [-0.4, -0.2) is 42.3 Å². The lowest BCUT2D eigenvalue weighted by Crippen LogP contribution is -2.52. The molecule has 2 aromatic rings. The van der Waals surface area contributed by atoms with Gasteiger partial charge >= 0.3 is 12.1 Å². The van der Waals surface area contributed by atoms with Gasteiger partial charge < -0.3 is 20.5 Å². The molecule has 0 radical (unpaired) electrons. The van der Waals surface area contributed by atoms with Crippen LogP contribution in [0.25, 0.3) is 11.1 Å². The highest BCUT2D eigenvalue weighted by Gasteiger charge is 2.42. The topological polar surface area (TPSA) is 105 Å². The summed E-state index contributed by atoms with van der Waals surface area (Å²) in [7, 11) is 0. The van der Waals surface area contributed by atoms with Gasteiger partial charge in [-0.1, -0.05) is 55.5 Å². The molecule has 1 atom stereocenters. The largest absolute Gasteiger partial charge is 0.481 e. The Kier molecular flexibility index (Phi) is 7.43. The van der Waals surface area contributed by atoms with E-state index in [9.17, 15) is 14.4 Å². The maximum absolute atomic E-state index is 13.2. The first-order valence-corrected chi connectivity index (χ1v) is 12.4. The number of hydrogen-bond donors (Lipinski definition) is 3. The number of fused-ring (bicyclic) bond motifs is 3. The minimum atomic E-state index is -0.958. The number of hydrogen-bond acceptors (Lipinski definition) is 4. The van der Waals surface area contributed by atoms with Gasteiger partial charge in [0.05, 0.1) is 11.8 Å². The molecule has 0 saturated heterocycles. The predicted molar refractivity (Wildman–Crippen MR) is 133 cm³/mol.